The van der Waals surface area contributed by atoms with Crippen molar-refractivity contribution in [1.82, 2.24) is 0 Å². The summed E-state index contributed by atoms with van der Waals surface area (Å²) < 4.78 is 68.9. The van der Waals surface area contributed by atoms with E-state index in [-0.39, 0.29) is 16.3 Å². The van der Waals surface area contributed by atoms with Gasteiger partial charge in [0.15, 0.2) is 6.61 Å². The molecule has 2 aromatic carbocycles. The average molecular weight is 359 g/mol. The summed E-state index contributed by atoms with van der Waals surface area (Å²) in [5, 5.41) is 0. The Morgan fingerprint density at radius 1 is 1.08 bits per heavy atom. The van der Waals surface area contributed by atoms with E-state index in [9.17, 15) is 21.6 Å². The van der Waals surface area contributed by atoms with Gasteiger partial charge in [0.2, 0.25) is 0 Å². The van der Waals surface area contributed by atoms with Gasteiger partial charge in [-0.1, -0.05) is 29.8 Å². The number of rotatable bonds is 5. The van der Waals surface area contributed by atoms with Crippen LogP contribution in [0.4, 0.5) is 18.9 Å². The van der Waals surface area contributed by atoms with Crippen molar-refractivity contribution in [1.29, 1.82) is 0 Å². The summed E-state index contributed by atoms with van der Waals surface area (Å²) >= 11 is 0. The predicted molar refractivity (Wildman–Crippen MR) is 84.7 cm³/mol. The number of anilines is 1. The van der Waals surface area contributed by atoms with Crippen LogP contribution >= 0.6 is 0 Å². The Labute approximate surface area is 138 Å². The highest BCUT2D eigenvalue weighted by atomic mass is 32.2. The molecule has 0 aromatic heterocycles. The SMILES string of the molecule is Cc1ccc(S(=O)(=O)Nc2ccccc2OCC(F)(F)F)c(C)c1. The minimum Gasteiger partial charge on any atom is -0.482 e. The zero-order chi connectivity index (χ0) is 18.0. The smallest absolute Gasteiger partial charge is 0.422 e. The monoisotopic (exact) mass is 359 g/mol. The highest BCUT2D eigenvalue weighted by Crippen LogP contribution is 2.29. The van der Waals surface area contributed by atoms with Crippen LogP contribution < -0.4 is 9.46 Å². The Kier molecular flexibility index (Phi) is 5.08. The van der Waals surface area contributed by atoms with Crippen LogP contribution in [0.2, 0.25) is 0 Å². The lowest BCUT2D eigenvalue weighted by atomic mass is 10.2. The quantitative estimate of drug-likeness (QED) is 0.876. The molecule has 8 heteroatoms. The Balaban J connectivity index is 2.30. The van der Waals surface area contributed by atoms with Gasteiger partial charge in [0.25, 0.3) is 10.0 Å². The maximum absolute atomic E-state index is 12.5. The number of aryl methyl sites for hydroxylation is 2. The van der Waals surface area contributed by atoms with E-state index in [0.717, 1.165) is 5.56 Å². The largest absolute Gasteiger partial charge is 0.482 e. The zero-order valence-electron chi connectivity index (χ0n) is 13.0. The number of para-hydroxylation sites is 2. The van der Waals surface area contributed by atoms with Crippen LogP contribution in [0.3, 0.4) is 0 Å². The van der Waals surface area contributed by atoms with E-state index >= 15 is 0 Å². The summed E-state index contributed by atoms with van der Waals surface area (Å²) in [7, 11) is -3.95. The van der Waals surface area contributed by atoms with Crippen LogP contribution in [-0.4, -0.2) is 21.2 Å². The molecule has 0 radical (unpaired) electrons. The van der Waals surface area contributed by atoms with Crippen molar-refractivity contribution in [3.8, 4) is 5.75 Å². The first-order chi connectivity index (χ1) is 11.1. The maximum Gasteiger partial charge on any atom is 0.422 e. The summed E-state index contributed by atoms with van der Waals surface area (Å²) in [6.45, 7) is 1.97. The molecule has 1 N–H and O–H groups in total. The fourth-order valence-corrected chi connectivity index (χ4v) is 3.44. The molecule has 4 nitrogen and oxygen atoms in total. The molecule has 0 saturated carbocycles. The number of hydrogen-bond acceptors (Lipinski definition) is 3. The first kappa shape index (κ1) is 18.1. The second-order valence-corrected chi connectivity index (χ2v) is 6.93. The molecule has 0 atom stereocenters. The molecule has 0 spiro atoms. The Bertz CT molecular complexity index is 833. The minimum atomic E-state index is -4.51. The molecule has 0 heterocycles. The minimum absolute atomic E-state index is 0.0540. The maximum atomic E-state index is 12.5. The third kappa shape index (κ3) is 4.64. The number of sulfonamides is 1. The second kappa shape index (κ2) is 6.72. The zero-order valence-corrected chi connectivity index (χ0v) is 13.8. The highest BCUT2D eigenvalue weighted by molar-refractivity contribution is 7.92. The third-order valence-electron chi connectivity index (χ3n) is 3.14. The van der Waals surface area contributed by atoms with Gasteiger partial charge in [-0.2, -0.15) is 13.2 Å². The number of hydrogen-bond donors (Lipinski definition) is 1. The standard InChI is InChI=1S/C16H16F3NO3S/c1-11-7-8-15(12(2)9-11)24(21,22)20-13-5-3-4-6-14(13)23-10-16(17,18)19/h3-9,20H,10H2,1-2H3. The normalized spacial score (nSPS) is 12.0. The summed E-state index contributed by atoms with van der Waals surface area (Å²) in [5.41, 5.74) is 1.39. The molecule has 0 unspecified atom stereocenters. The van der Waals surface area contributed by atoms with Crippen molar-refractivity contribution in [3.05, 3.63) is 53.6 Å². The van der Waals surface area contributed by atoms with E-state index in [2.05, 4.69) is 9.46 Å². The van der Waals surface area contributed by atoms with Crippen molar-refractivity contribution in [2.24, 2.45) is 0 Å². The van der Waals surface area contributed by atoms with Gasteiger partial charge < -0.3 is 4.74 Å². The van der Waals surface area contributed by atoms with Gasteiger partial charge >= 0.3 is 6.18 Å². The second-order valence-electron chi connectivity index (χ2n) is 5.27. The van der Waals surface area contributed by atoms with Crippen LogP contribution in [-0.2, 0) is 10.0 Å². The van der Waals surface area contributed by atoms with Crippen molar-refractivity contribution in [3.63, 3.8) is 0 Å². The molecule has 2 rings (SSSR count). The summed E-state index contributed by atoms with van der Waals surface area (Å²) in [6, 6.07) is 10.4. The first-order valence-electron chi connectivity index (χ1n) is 6.97. The van der Waals surface area contributed by atoms with Crippen LogP contribution in [0, 0.1) is 13.8 Å². The topological polar surface area (TPSA) is 55.4 Å². The van der Waals surface area contributed by atoms with E-state index < -0.39 is 22.8 Å². The lowest BCUT2D eigenvalue weighted by Crippen LogP contribution is -2.20. The number of alkyl halides is 3. The molecular formula is C16H16F3NO3S. The van der Waals surface area contributed by atoms with Crippen LogP contribution in [0.25, 0.3) is 0 Å². The lowest BCUT2D eigenvalue weighted by molar-refractivity contribution is -0.153. The van der Waals surface area contributed by atoms with E-state index in [1.807, 2.05) is 6.92 Å². The Morgan fingerprint density at radius 3 is 2.38 bits per heavy atom. The summed E-state index contributed by atoms with van der Waals surface area (Å²) in [5.74, 6) is -0.192. The van der Waals surface area contributed by atoms with Crippen molar-refractivity contribution in [2.45, 2.75) is 24.9 Å². The van der Waals surface area contributed by atoms with E-state index in [1.54, 1.807) is 19.1 Å². The molecule has 24 heavy (non-hydrogen) atoms. The number of benzene rings is 2. The molecule has 130 valence electrons. The molecule has 0 aliphatic rings. The molecule has 2 aromatic rings. The van der Waals surface area contributed by atoms with Gasteiger partial charge in [0.1, 0.15) is 5.75 Å². The van der Waals surface area contributed by atoms with Crippen molar-refractivity contribution in [2.75, 3.05) is 11.3 Å². The van der Waals surface area contributed by atoms with Crippen LogP contribution in [0.1, 0.15) is 11.1 Å². The fourth-order valence-electron chi connectivity index (χ4n) is 2.14. The molecule has 0 aliphatic carbocycles. The molecule has 0 amide bonds. The number of halogens is 3. The highest BCUT2D eigenvalue weighted by Gasteiger charge is 2.29. The predicted octanol–water partition coefficient (Wildman–Crippen LogP) is 4.05. The fraction of sp³-hybridized carbons (Fsp3) is 0.250. The van der Waals surface area contributed by atoms with Gasteiger partial charge in [-0.15, -0.1) is 0 Å². The van der Waals surface area contributed by atoms with Gasteiger partial charge in [-0.25, -0.2) is 8.42 Å². The van der Waals surface area contributed by atoms with Gasteiger partial charge in [-0.05, 0) is 37.6 Å². The summed E-state index contributed by atoms with van der Waals surface area (Å²) in [4.78, 5) is 0.0544. The molecular weight excluding hydrogens is 343 g/mol. The van der Waals surface area contributed by atoms with Gasteiger partial charge in [0, 0.05) is 0 Å². The molecule has 0 saturated heterocycles. The van der Waals surface area contributed by atoms with Gasteiger partial charge in [-0.3, -0.25) is 4.72 Å². The van der Waals surface area contributed by atoms with Crippen molar-refractivity contribution >= 4 is 15.7 Å². The molecule has 0 aliphatic heterocycles. The summed E-state index contributed by atoms with van der Waals surface area (Å²) in [6.07, 6.45) is -4.51. The number of ether oxygens (including phenoxy) is 1. The molecule has 0 bridgehead atoms. The average Bonchev–Trinajstić information content (AvgIpc) is 2.44. The lowest BCUT2D eigenvalue weighted by Gasteiger charge is -2.15. The molecule has 0 fully saturated rings. The first-order valence-corrected chi connectivity index (χ1v) is 8.45. The Hall–Kier alpha value is -2.22. The van der Waals surface area contributed by atoms with Crippen LogP contribution in [0.15, 0.2) is 47.4 Å². The number of nitrogens with one attached hydrogen (secondary N) is 1. The van der Waals surface area contributed by atoms with E-state index in [0.29, 0.717) is 5.56 Å². The van der Waals surface area contributed by atoms with Crippen molar-refractivity contribution < 1.29 is 26.3 Å². The Morgan fingerprint density at radius 2 is 1.75 bits per heavy atom. The van der Waals surface area contributed by atoms with Crippen LogP contribution in [0.5, 0.6) is 5.75 Å². The third-order valence-corrected chi connectivity index (χ3v) is 4.67. The van der Waals surface area contributed by atoms with E-state index in [4.69, 9.17) is 0 Å². The van der Waals surface area contributed by atoms with Gasteiger partial charge in [0.05, 0.1) is 10.6 Å². The van der Waals surface area contributed by atoms with E-state index in [1.165, 1.54) is 30.3 Å².